The van der Waals surface area contributed by atoms with Crippen LogP contribution in [0.3, 0.4) is 0 Å². The number of methoxy groups -OCH3 is 1. The van der Waals surface area contributed by atoms with E-state index in [0.717, 1.165) is 0 Å². The maximum Gasteiger partial charge on any atom is 0.311 e. The largest absolute Gasteiger partial charge is 0.494 e. The van der Waals surface area contributed by atoms with Crippen LogP contribution in [0.2, 0.25) is 0 Å². The number of rotatable bonds is 6. The third-order valence-corrected chi connectivity index (χ3v) is 3.22. The Morgan fingerprint density at radius 3 is 2.36 bits per heavy atom. The SMILES string of the molecule is CCOc1ccc([C@H](O)c2ccc(OC)c([N+](=O)[O-])c2)cc1. The Hall–Kier alpha value is -2.60. The fraction of sp³-hybridized carbons (Fsp3) is 0.250. The number of nitrogens with zero attached hydrogens (tertiary/aromatic N) is 1. The molecule has 2 rings (SSSR count). The van der Waals surface area contributed by atoms with E-state index < -0.39 is 11.0 Å². The first-order valence-corrected chi connectivity index (χ1v) is 6.80. The zero-order valence-electron chi connectivity index (χ0n) is 12.4. The first-order chi connectivity index (χ1) is 10.6. The molecule has 116 valence electrons. The summed E-state index contributed by atoms with van der Waals surface area (Å²) in [5.41, 5.74) is 0.879. The molecule has 6 nitrogen and oxygen atoms in total. The number of aliphatic hydroxyl groups excluding tert-OH is 1. The maximum atomic E-state index is 11.0. The molecular formula is C16H17NO5. The molecule has 2 aromatic rings. The van der Waals surface area contributed by atoms with Crippen molar-refractivity contribution in [3.63, 3.8) is 0 Å². The lowest BCUT2D eigenvalue weighted by atomic mass is 10.0. The normalized spacial score (nSPS) is 11.8. The third kappa shape index (κ3) is 3.35. The van der Waals surface area contributed by atoms with Crippen LogP contribution in [-0.4, -0.2) is 23.7 Å². The fourth-order valence-corrected chi connectivity index (χ4v) is 2.13. The fourth-order valence-electron chi connectivity index (χ4n) is 2.13. The van der Waals surface area contributed by atoms with E-state index in [4.69, 9.17) is 9.47 Å². The Balaban J connectivity index is 2.30. The van der Waals surface area contributed by atoms with Gasteiger partial charge in [0, 0.05) is 6.07 Å². The van der Waals surface area contributed by atoms with E-state index in [1.807, 2.05) is 6.92 Å². The Morgan fingerprint density at radius 1 is 1.18 bits per heavy atom. The number of hydrogen-bond acceptors (Lipinski definition) is 5. The minimum atomic E-state index is -0.958. The smallest absolute Gasteiger partial charge is 0.311 e. The average molecular weight is 303 g/mol. The molecule has 0 unspecified atom stereocenters. The number of aliphatic hydroxyl groups is 1. The molecule has 0 radical (unpaired) electrons. The van der Waals surface area contributed by atoms with Crippen LogP contribution in [0.1, 0.15) is 24.2 Å². The van der Waals surface area contributed by atoms with Crippen LogP contribution in [0.4, 0.5) is 5.69 Å². The van der Waals surface area contributed by atoms with Crippen LogP contribution in [0.25, 0.3) is 0 Å². The lowest BCUT2D eigenvalue weighted by molar-refractivity contribution is -0.385. The van der Waals surface area contributed by atoms with Gasteiger partial charge in [-0.3, -0.25) is 10.1 Å². The second kappa shape index (κ2) is 6.91. The molecule has 0 aliphatic rings. The quantitative estimate of drug-likeness (QED) is 0.655. The number of hydrogen-bond donors (Lipinski definition) is 1. The van der Waals surface area contributed by atoms with E-state index in [-0.39, 0.29) is 11.4 Å². The van der Waals surface area contributed by atoms with Crippen LogP contribution in [0.15, 0.2) is 42.5 Å². The second-order valence-corrected chi connectivity index (χ2v) is 4.59. The Kier molecular flexibility index (Phi) is 4.95. The zero-order chi connectivity index (χ0) is 16.1. The summed E-state index contributed by atoms with van der Waals surface area (Å²) in [6, 6.07) is 11.4. The molecule has 0 aliphatic heterocycles. The van der Waals surface area contributed by atoms with Gasteiger partial charge in [0.05, 0.1) is 18.6 Å². The predicted molar refractivity (Wildman–Crippen MR) is 81.3 cm³/mol. The molecule has 2 aromatic carbocycles. The third-order valence-electron chi connectivity index (χ3n) is 3.22. The first-order valence-electron chi connectivity index (χ1n) is 6.80. The van der Waals surface area contributed by atoms with Crippen molar-refractivity contribution >= 4 is 5.69 Å². The lowest BCUT2D eigenvalue weighted by Gasteiger charge is -2.13. The first kappa shape index (κ1) is 15.8. The topological polar surface area (TPSA) is 81.8 Å². The van der Waals surface area contributed by atoms with Gasteiger partial charge in [-0.2, -0.15) is 0 Å². The Labute approximate surface area is 128 Å². The lowest BCUT2D eigenvalue weighted by Crippen LogP contribution is -2.02. The molecular weight excluding hydrogens is 286 g/mol. The standard InChI is InChI=1S/C16H17NO5/c1-3-22-13-7-4-11(5-8-13)16(18)12-6-9-15(21-2)14(10-12)17(19)20/h4-10,16,18H,3H2,1-2H3/t16-/m0/s1. The molecule has 0 heterocycles. The van der Waals surface area contributed by atoms with Gasteiger partial charge in [-0.15, -0.1) is 0 Å². The highest BCUT2D eigenvalue weighted by Crippen LogP contribution is 2.32. The molecule has 1 N–H and O–H groups in total. The molecule has 0 fully saturated rings. The summed E-state index contributed by atoms with van der Waals surface area (Å²) in [7, 11) is 1.37. The highest BCUT2D eigenvalue weighted by atomic mass is 16.6. The number of ether oxygens (including phenoxy) is 2. The van der Waals surface area contributed by atoms with Crippen LogP contribution in [0.5, 0.6) is 11.5 Å². The molecule has 0 bridgehead atoms. The molecule has 0 aromatic heterocycles. The highest BCUT2D eigenvalue weighted by Gasteiger charge is 2.19. The van der Waals surface area contributed by atoms with Crippen molar-refractivity contribution in [1.82, 2.24) is 0 Å². The summed E-state index contributed by atoms with van der Waals surface area (Å²) < 4.78 is 10.3. The second-order valence-electron chi connectivity index (χ2n) is 4.59. The van der Waals surface area contributed by atoms with Crippen LogP contribution < -0.4 is 9.47 Å². The summed E-state index contributed by atoms with van der Waals surface area (Å²) in [5, 5.41) is 21.4. The minimum absolute atomic E-state index is 0.160. The summed E-state index contributed by atoms with van der Waals surface area (Å²) >= 11 is 0. The molecule has 0 spiro atoms. The monoisotopic (exact) mass is 303 g/mol. The van der Waals surface area contributed by atoms with Gasteiger partial charge >= 0.3 is 5.69 Å². The van der Waals surface area contributed by atoms with E-state index in [1.165, 1.54) is 19.2 Å². The van der Waals surface area contributed by atoms with Crippen LogP contribution in [-0.2, 0) is 0 Å². The van der Waals surface area contributed by atoms with E-state index >= 15 is 0 Å². The molecule has 0 saturated heterocycles. The van der Waals surface area contributed by atoms with Gasteiger partial charge in [0.1, 0.15) is 11.9 Å². The molecule has 6 heteroatoms. The van der Waals surface area contributed by atoms with Gasteiger partial charge in [0.25, 0.3) is 0 Å². The summed E-state index contributed by atoms with van der Waals surface area (Å²) in [6.45, 7) is 2.45. The van der Waals surface area contributed by atoms with E-state index in [1.54, 1.807) is 30.3 Å². The number of benzene rings is 2. The van der Waals surface area contributed by atoms with Gasteiger partial charge in [-0.05, 0) is 36.2 Å². The zero-order valence-corrected chi connectivity index (χ0v) is 12.4. The molecule has 1 atom stereocenters. The molecule has 0 saturated carbocycles. The van der Waals surface area contributed by atoms with E-state index in [9.17, 15) is 15.2 Å². The van der Waals surface area contributed by atoms with Gasteiger partial charge < -0.3 is 14.6 Å². The van der Waals surface area contributed by atoms with Crippen molar-refractivity contribution < 1.29 is 19.5 Å². The van der Waals surface area contributed by atoms with Crippen LogP contribution >= 0.6 is 0 Å². The van der Waals surface area contributed by atoms with Gasteiger partial charge in [0.15, 0.2) is 5.75 Å². The number of nitro groups is 1. The van der Waals surface area contributed by atoms with Crippen molar-refractivity contribution in [1.29, 1.82) is 0 Å². The molecule has 0 amide bonds. The van der Waals surface area contributed by atoms with E-state index in [0.29, 0.717) is 23.5 Å². The van der Waals surface area contributed by atoms with Crippen LogP contribution in [0, 0.1) is 10.1 Å². The number of nitro benzene ring substituents is 1. The van der Waals surface area contributed by atoms with Gasteiger partial charge in [-0.1, -0.05) is 18.2 Å². The van der Waals surface area contributed by atoms with Crippen molar-refractivity contribution in [3.05, 3.63) is 63.7 Å². The van der Waals surface area contributed by atoms with Gasteiger partial charge in [-0.25, -0.2) is 0 Å². The average Bonchev–Trinajstić information content (AvgIpc) is 2.54. The minimum Gasteiger partial charge on any atom is -0.494 e. The highest BCUT2D eigenvalue weighted by molar-refractivity contribution is 5.50. The molecule has 22 heavy (non-hydrogen) atoms. The summed E-state index contributed by atoms with van der Waals surface area (Å²) in [6.07, 6.45) is -0.958. The van der Waals surface area contributed by atoms with Gasteiger partial charge in [0.2, 0.25) is 0 Å². The molecule has 0 aliphatic carbocycles. The van der Waals surface area contributed by atoms with Crippen molar-refractivity contribution in [2.45, 2.75) is 13.0 Å². The predicted octanol–water partition coefficient (Wildman–Crippen LogP) is 3.08. The van der Waals surface area contributed by atoms with Crippen molar-refractivity contribution in [2.24, 2.45) is 0 Å². The summed E-state index contributed by atoms with van der Waals surface area (Å²) in [4.78, 5) is 10.5. The van der Waals surface area contributed by atoms with E-state index in [2.05, 4.69) is 0 Å². The van der Waals surface area contributed by atoms with Crippen molar-refractivity contribution in [3.8, 4) is 11.5 Å². The summed E-state index contributed by atoms with van der Waals surface area (Å²) in [5.74, 6) is 0.867. The Bertz CT molecular complexity index is 654. The Morgan fingerprint density at radius 2 is 1.82 bits per heavy atom. The maximum absolute atomic E-state index is 11.0. The van der Waals surface area contributed by atoms with Crippen molar-refractivity contribution in [2.75, 3.05) is 13.7 Å².